The van der Waals surface area contributed by atoms with E-state index in [9.17, 15) is 14.4 Å². The van der Waals surface area contributed by atoms with E-state index in [0.717, 1.165) is 16.7 Å². The van der Waals surface area contributed by atoms with Gasteiger partial charge in [0.25, 0.3) is 5.91 Å². The monoisotopic (exact) mass is 513 g/mol. The van der Waals surface area contributed by atoms with Crippen molar-refractivity contribution in [2.75, 3.05) is 30.0 Å². The zero-order valence-electron chi connectivity index (χ0n) is 21.3. The minimum atomic E-state index is -0.389. The summed E-state index contributed by atoms with van der Waals surface area (Å²) in [5, 5.41) is 4.13. The van der Waals surface area contributed by atoms with Crippen molar-refractivity contribution in [2.45, 2.75) is 13.3 Å². The topological polar surface area (TPSA) is 115 Å². The van der Waals surface area contributed by atoms with E-state index >= 15 is 0 Å². The van der Waals surface area contributed by atoms with Crippen LogP contribution in [-0.2, 0) is 18.3 Å². The van der Waals surface area contributed by atoms with Gasteiger partial charge in [0.2, 0.25) is 0 Å². The van der Waals surface area contributed by atoms with Crippen molar-refractivity contribution in [3.05, 3.63) is 88.7 Å². The molecule has 0 spiro atoms. The number of rotatable bonds is 7. The van der Waals surface area contributed by atoms with Gasteiger partial charge in [-0.3, -0.25) is 24.0 Å². The van der Waals surface area contributed by atoms with Crippen molar-refractivity contribution in [1.29, 1.82) is 0 Å². The molecular weight excluding hydrogens is 486 g/mol. The van der Waals surface area contributed by atoms with Crippen LogP contribution >= 0.6 is 0 Å². The summed E-state index contributed by atoms with van der Waals surface area (Å²) in [5.74, 6) is 0.218. The molecule has 1 fully saturated rings. The van der Waals surface area contributed by atoms with Crippen molar-refractivity contribution >= 4 is 23.4 Å². The van der Waals surface area contributed by atoms with Crippen molar-refractivity contribution < 1.29 is 14.4 Å². The van der Waals surface area contributed by atoms with Gasteiger partial charge in [-0.2, -0.15) is 9.78 Å². The van der Waals surface area contributed by atoms with Gasteiger partial charge in [0.15, 0.2) is 0 Å². The second-order valence-corrected chi connectivity index (χ2v) is 8.77. The molecule has 0 atom stereocenters. The summed E-state index contributed by atoms with van der Waals surface area (Å²) in [4.78, 5) is 50.5. The number of benzene rings is 2. The molecule has 3 heterocycles. The summed E-state index contributed by atoms with van der Waals surface area (Å²) in [6.07, 6.45) is 3.84. The quantitative estimate of drug-likeness (QED) is 0.380. The first-order chi connectivity index (χ1) is 18.4. The number of hydrogen-bond acceptors (Lipinski definition) is 6. The van der Waals surface area contributed by atoms with Crippen LogP contribution in [0, 0.1) is 0 Å². The number of carbonyl (C=O) groups is 2. The maximum Gasteiger partial charge on any atom is 0.350 e. The fourth-order valence-electron chi connectivity index (χ4n) is 4.61. The number of nitrogens with one attached hydrogen (secondary N) is 1. The average molecular weight is 514 g/mol. The second-order valence-electron chi connectivity index (χ2n) is 8.77. The predicted molar refractivity (Wildman–Crippen MR) is 142 cm³/mol. The van der Waals surface area contributed by atoms with E-state index in [1.54, 1.807) is 47.3 Å². The summed E-state index contributed by atoms with van der Waals surface area (Å²) < 4.78 is 2.76. The Kier molecular flexibility index (Phi) is 6.75. The second kappa shape index (κ2) is 10.3. The molecule has 5 rings (SSSR count). The van der Waals surface area contributed by atoms with E-state index in [1.165, 1.54) is 22.7 Å². The first kappa shape index (κ1) is 24.9. The number of hydrogen-bond donors (Lipinski definition) is 1. The van der Waals surface area contributed by atoms with Crippen LogP contribution in [0.1, 0.15) is 22.8 Å². The molecule has 1 aliphatic heterocycles. The predicted octanol–water partition coefficient (Wildman–Crippen LogP) is 2.93. The number of urea groups is 1. The molecule has 4 aromatic rings. The van der Waals surface area contributed by atoms with Crippen molar-refractivity contribution in [1.82, 2.24) is 24.8 Å². The largest absolute Gasteiger partial charge is 0.350 e. The van der Waals surface area contributed by atoms with Crippen LogP contribution in [0.4, 0.5) is 16.3 Å². The molecule has 11 nitrogen and oxygen atoms in total. The van der Waals surface area contributed by atoms with Crippen LogP contribution in [0.15, 0.2) is 71.9 Å². The summed E-state index contributed by atoms with van der Waals surface area (Å²) in [6, 6.07) is 16.1. The summed E-state index contributed by atoms with van der Waals surface area (Å²) >= 11 is 0. The number of aryl methyl sites for hydroxylation is 1. The van der Waals surface area contributed by atoms with Gasteiger partial charge in [0.05, 0.1) is 12.8 Å². The molecule has 0 unspecified atom stereocenters. The molecule has 3 amide bonds. The van der Waals surface area contributed by atoms with Gasteiger partial charge in [-0.1, -0.05) is 25.1 Å². The van der Waals surface area contributed by atoms with Gasteiger partial charge in [-0.25, -0.2) is 20.1 Å². The van der Waals surface area contributed by atoms with Gasteiger partial charge in [0.1, 0.15) is 12.1 Å². The molecule has 0 saturated carbocycles. The maximum absolute atomic E-state index is 13.5. The highest BCUT2D eigenvalue weighted by Crippen LogP contribution is 2.33. The van der Waals surface area contributed by atoms with Crippen LogP contribution in [0.5, 0.6) is 0 Å². The van der Waals surface area contributed by atoms with E-state index in [1.807, 2.05) is 37.3 Å². The fourth-order valence-corrected chi connectivity index (χ4v) is 4.61. The Labute approximate surface area is 218 Å². The minimum absolute atomic E-state index is 0.210. The lowest BCUT2D eigenvalue weighted by molar-refractivity contribution is 0.0537. The molecule has 11 heteroatoms. The molecule has 0 bridgehead atoms. The standard InChI is InChI=1S/C27H27N7O4/c1-4-22-23(18-8-10-20(11-9-18)34-26(36)31(2)17-29-34)12-13-28-24(22)33-15-14-32(27(33)37)21-7-5-6-19(16-21)25(35)30-38-3/h5-13,16-17H,4,14-15H2,1-3H3,(H,30,35). The highest BCUT2D eigenvalue weighted by molar-refractivity contribution is 6.07. The summed E-state index contributed by atoms with van der Waals surface area (Å²) in [5.41, 5.74) is 6.60. The first-order valence-electron chi connectivity index (χ1n) is 12.1. The Balaban J connectivity index is 1.43. The third-order valence-corrected chi connectivity index (χ3v) is 6.51. The molecule has 0 radical (unpaired) electrons. The number of hydroxylamine groups is 1. The number of pyridine rings is 1. The minimum Gasteiger partial charge on any atom is -0.292 e. The van der Waals surface area contributed by atoms with Crippen LogP contribution in [0.3, 0.4) is 0 Å². The number of amides is 3. The molecule has 2 aromatic carbocycles. The lowest BCUT2D eigenvalue weighted by Crippen LogP contribution is -2.33. The van der Waals surface area contributed by atoms with E-state index in [-0.39, 0.29) is 17.6 Å². The Bertz CT molecular complexity index is 1560. The molecule has 38 heavy (non-hydrogen) atoms. The summed E-state index contributed by atoms with van der Waals surface area (Å²) in [6.45, 7) is 2.94. The molecule has 1 aliphatic rings. The number of nitrogens with zero attached hydrogens (tertiary/aromatic N) is 6. The SMILES string of the molecule is CCc1c(-c2ccc(-n3ncn(C)c3=O)cc2)ccnc1N1CCN(c2cccc(C(=O)NOC)c2)C1=O. The molecular formula is C27H27N7O4. The van der Waals surface area contributed by atoms with Gasteiger partial charge < -0.3 is 0 Å². The fraction of sp³-hybridized carbons (Fsp3) is 0.222. The van der Waals surface area contributed by atoms with Gasteiger partial charge in [-0.05, 0) is 53.9 Å². The van der Waals surface area contributed by atoms with E-state index in [0.29, 0.717) is 42.3 Å². The Morgan fingerprint density at radius 1 is 1.03 bits per heavy atom. The number of carbonyl (C=O) groups excluding carboxylic acids is 2. The third-order valence-electron chi connectivity index (χ3n) is 6.51. The molecule has 0 aliphatic carbocycles. The normalized spacial score (nSPS) is 13.3. The first-order valence-corrected chi connectivity index (χ1v) is 12.1. The van der Waals surface area contributed by atoms with Crippen LogP contribution in [0.2, 0.25) is 0 Å². The molecule has 2 aromatic heterocycles. The van der Waals surface area contributed by atoms with E-state index < -0.39 is 0 Å². The number of aromatic nitrogens is 4. The zero-order valence-corrected chi connectivity index (χ0v) is 21.3. The lowest BCUT2D eigenvalue weighted by atomic mass is 9.98. The van der Waals surface area contributed by atoms with E-state index in [4.69, 9.17) is 4.84 Å². The Morgan fingerprint density at radius 3 is 2.47 bits per heavy atom. The molecule has 1 N–H and O–H groups in total. The highest BCUT2D eigenvalue weighted by atomic mass is 16.6. The summed E-state index contributed by atoms with van der Waals surface area (Å²) in [7, 11) is 3.02. The van der Waals surface area contributed by atoms with Crippen molar-refractivity contribution in [2.24, 2.45) is 7.05 Å². The maximum atomic E-state index is 13.5. The Morgan fingerprint density at radius 2 is 1.79 bits per heavy atom. The average Bonchev–Trinajstić information content (AvgIpc) is 3.49. The van der Waals surface area contributed by atoms with Crippen LogP contribution in [-0.4, -0.2) is 51.5 Å². The lowest BCUT2D eigenvalue weighted by Gasteiger charge is -2.22. The van der Waals surface area contributed by atoms with Gasteiger partial charge in [-0.15, -0.1) is 0 Å². The van der Waals surface area contributed by atoms with Crippen LogP contribution < -0.4 is 21.0 Å². The third kappa shape index (κ3) is 4.43. The van der Waals surface area contributed by atoms with Gasteiger partial charge in [0, 0.05) is 43.1 Å². The Hall–Kier alpha value is -4.77. The number of anilines is 2. The van der Waals surface area contributed by atoms with Crippen molar-refractivity contribution in [3.63, 3.8) is 0 Å². The van der Waals surface area contributed by atoms with E-state index in [2.05, 4.69) is 15.6 Å². The highest BCUT2D eigenvalue weighted by Gasteiger charge is 2.33. The zero-order chi connectivity index (χ0) is 26.8. The molecule has 194 valence electrons. The molecule has 1 saturated heterocycles. The smallest absolute Gasteiger partial charge is 0.292 e. The van der Waals surface area contributed by atoms with Gasteiger partial charge >= 0.3 is 11.7 Å². The van der Waals surface area contributed by atoms with Crippen LogP contribution in [0.25, 0.3) is 16.8 Å². The van der Waals surface area contributed by atoms with Crippen molar-refractivity contribution in [3.8, 4) is 16.8 Å².